The van der Waals surface area contributed by atoms with E-state index in [0.29, 0.717) is 37.5 Å². The number of hydrogen-bond acceptors (Lipinski definition) is 12. The number of allylic oxidation sites excluding steroid dienone is 1. The van der Waals surface area contributed by atoms with Crippen molar-refractivity contribution in [1.82, 2.24) is 25.2 Å². The van der Waals surface area contributed by atoms with Gasteiger partial charge in [-0.2, -0.15) is 18.2 Å². The molecule has 0 bridgehead atoms. The fourth-order valence-corrected chi connectivity index (χ4v) is 10.3. The highest BCUT2D eigenvalue weighted by Gasteiger charge is 2.63. The predicted octanol–water partition coefficient (Wildman–Crippen LogP) is 5.22. The van der Waals surface area contributed by atoms with E-state index in [-0.39, 0.29) is 67.6 Å². The second kappa shape index (κ2) is 17.8. The first-order valence-corrected chi connectivity index (χ1v) is 23.1. The highest BCUT2D eigenvalue weighted by Crippen LogP contribution is 2.48. The number of benzene rings is 1. The highest BCUT2D eigenvalue weighted by molar-refractivity contribution is 7.91. The molecule has 21 heteroatoms. The van der Waals surface area contributed by atoms with E-state index >= 15 is 9.18 Å². The largest absolute Gasteiger partial charge is 0.494 e. The third-order valence-electron chi connectivity index (χ3n) is 13.4. The first-order valence-electron chi connectivity index (χ1n) is 21.6. The van der Waals surface area contributed by atoms with Crippen LogP contribution in [0.3, 0.4) is 0 Å². The number of rotatable bonds is 10. The van der Waals surface area contributed by atoms with E-state index in [4.69, 9.17) is 23.7 Å². The number of halogens is 4. The summed E-state index contributed by atoms with van der Waals surface area (Å²) in [7, 11) is -1.48. The second-order valence-corrected chi connectivity index (χ2v) is 20.2. The van der Waals surface area contributed by atoms with Gasteiger partial charge in [-0.3, -0.25) is 19.1 Å². The average Bonchev–Trinajstić information content (AvgIpc) is 4.13. The summed E-state index contributed by atoms with van der Waals surface area (Å²) in [5.41, 5.74) is -4.68. The smallest absolute Gasteiger partial charge is 0.430 e. The van der Waals surface area contributed by atoms with Crippen LogP contribution >= 0.6 is 0 Å². The summed E-state index contributed by atoms with van der Waals surface area (Å²) in [6.07, 6.45) is -2.35. The van der Waals surface area contributed by atoms with Crippen molar-refractivity contribution in [2.24, 2.45) is 17.8 Å². The minimum absolute atomic E-state index is 0.0338. The van der Waals surface area contributed by atoms with Crippen molar-refractivity contribution >= 4 is 44.6 Å². The van der Waals surface area contributed by atoms with Crippen LogP contribution in [-0.4, -0.2) is 116 Å². The second-order valence-electron chi connectivity index (χ2n) is 18.0. The molecule has 8 atom stereocenters. The lowest BCUT2D eigenvalue weighted by atomic mass is 9.85. The Morgan fingerprint density at radius 1 is 1.09 bits per heavy atom. The van der Waals surface area contributed by atoms with E-state index in [1.54, 1.807) is 13.0 Å². The van der Waals surface area contributed by atoms with Gasteiger partial charge in [0.15, 0.2) is 11.6 Å². The SMILES string of the molecule is CC[C@@H]1C[C@H](C)CC/C=C\[C@@H]2C[C@@]2(C(=O)NS(=O)(=O)C2(C)CC2)NC(=O)[C@@H]2C[C@@H](Oc3nc(OC)cc4cc(OC)c(F)cc34)CN2C(=O)[C@H]1NC(=O)OC1(C(F)(F)F)CCCOC1. The minimum Gasteiger partial charge on any atom is -0.494 e. The normalized spacial score (nSPS) is 31.2. The number of methoxy groups -OCH3 is 2. The zero-order valence-electron chi connectivity index (χ0n) is 36.3. The first-order chi connectivity index (χ1) is 30.2. The molecule has 4 amide bonds. The molecule has 3 aliphatic heterocycles. The number of sulfonamides is 1. The molecule has 16 nitrogen and oxygen atoms in total. The summed E-state index contributed by atoms with van der Waals surface area (Å²) >= 11 is 0. The molecule has 2 saturated carbocycles. The molecular formula is C43H55F4N5O11S. The van der Waals surface area contributed by atoms with Crippen molar-refractivity contribution in [3.63, 3.8) is 0 Å². The van der Waals surface area contributed by atoms with Crippen molar-refractivity contribution < 1.29 is 68.8 Å². The highest BCUT2D eigenvalue weighted by atomic mass is 32.2. The molecule has 1 aromatic heterocycles. The van der Waals surface area contributed by atoms with Crippen LogP contribution in [0.25, 0.3) is 10.8 Å². The number of fused-ring (bicyclic) bond motifs is 3. The molecule has 64 heavy (non-hydrogen) atoms. The quantitative estimate of drug-likeness (QED) is 0.208. The number of carbonyl (C=O) groups excluding carboxylic acids is 4. The lowest BCUT2D eigenvalue weighted by molar-refractivity contribution is -0.285. The summed E-state index contributed by atoms with van der Waals surface area (Å²) in [4.78, 5) is 63.1. The van der Waals surface area contributed by atoms with E-state index in [1.165, 1.54) is 33.3 Å². The van der Waals surface area contributed by atoms with Gasteiger partial charge in [-0.05, 0) is 81.2 Å². The van der Waals surface area contributed by atoms with Crippen molar-refractivity contribution in [2.45, 2.75) is 125 Å². The van der Waals surface area contributed by atoms with Crippen LogP contribution in [0.4, 0.5) is 22.4 Å². The molecule has 5 aliphatic rings. The number of pyridine rings is 1. The standard InChI is InChI=1S/C43H55F4N5O11S/c1-6-25-16-24(2)10-7-8-11-27-21-42(27,38(55)51-64(57,58)40(3)13-14-40)50-35(53)31-19-28(62-36-29-20-30(44)32(59-4)17-26(29)18-33(48-36)60-5)22-52(31)37(54)34(25)49-39(56)63-41(43(45,46)47)12-9-15-61-23-41/h8,11,17-18,20,24-25,27-28,31,34H,6-7,9-10,12-16,19,21-23H2,1-5H3,(H,49,56)(H,50,53)(H,51,55)/b11-8-/t24-,25-,27-,28-,31+,34+,41?,42-/m1/s1. The van der Waals surface area contributed by atoms with Crippen LogP contribution in [0.15, 0.2) is 30.4 Å². The molecule has 0 radical (unpaired) electrons. The number of nitrogens with one attached hydrogen (secondary N) is 3. The first kappa shape index (κ1) is 47.1. The third-order valence-corrected chi connectivity index (χ3v) is 15.6. The van der Waals surface area contributed by atoms with Crippen LogP contribution in [0, 0.1) is 23.6 Å². The van der Waals surface area contributed by atoms with Gasteiger partial charge in [0.25, 0.3) is 5.91 Å². The third kappa shape index (κ3) is 9.28. The lowest BCUT2D eigenvalue weighted by Crippen LogP contribution is -2.61. The molecule has 4 fully saturated rings. The van der Waals surface area contributed by atoms with Crippen molar-refractivity contribution in [1.29, 1.82) is 0 Å². The molecule has 2 saturated heterocycles. The summed E-state index contributed by atoms with van der Waals surface area (Å²) in [5, 5.41) is 5.84. The van der Waals surface area contributed by atoms with Gasteiger partial charge in [-0.1, -0.05) is 32.4 Å². The van der Waals surface area contributed by atoms with E-state index in [2.05, 4.69) is 20.3 Å². The van der Waals surface area contributed by atoms with Gasteiger partial charge in [-0.25, -0.2) is 17.6 Å². The molecule has 3 N–H and O–H groups in total. The maximum atomic E-state index is 15.1. The topological polar surface area (TPSA) is 201 Å². The molecule has 1 aromatic carbocycles. The molecule has 2 aromatic rings. The Hall–Kier alpha value is -4.92. The van der Waals surface area contributed by atoms with E-state index in [9.17, 15) is 36.0 Å². The van der Waals surface area contributed by atoms with Gasteiger partial charge >= 0.3 is 12.3 Å². The van der Waals surface area contributed by atoms with Gasteiger partial charge < -0.3 is 39.2 Å². The number of carbonyl (C=O) groups is 4. The van der Waals surface area contributed by atoms with Gasteiger partial charge in [0.05, 0.1) is 32.1 Å². The summed E-state index contributed by atoms with van der Waals surface area (Å²) in [6.45, 7) is 3.99. The molecule has 0 spiro atoms. The van der Waals surface area contributed by atoms with E-state index in [0.717, 1.165) is 11.0 Å². The number of amides is 4. The number of hydrogen-bond donors (Lipinski definition) is 3. The van der Waals surface area contributed by atoms with Crippen LogP contribution < -0.4 is 29.6 Å². The Bertz CT molecular complexity index is 2290. The molecule has 7 rings (SSSR count). The van der Waals surface area contributed by atoms with Crippen LogP contribution in [0.5, 0.6) is 17.5 Å². The molecular weight excluding hydrogens is 871 g/mol. The van der Waals surface area contributed by atoms with E-state index < -0.39 is 105 Å². The Balaban J connectivity index is 1.26. The van der Waals surface area contributed by atoms with E-state index in [1.807, 2.05) is 13.0 Å². The number of alkyl carbamates (subject to hydrolysis) is 1. The monoisotopic (exact) mass is 925 g/mol. The lowest BCUT2D eigenvalue weighted by Gasteiger charge is -2.39. The van der Waals surface area contributed by atoms with Crippen molar-refractivity contribution in [3.05, 3.63) is 36.2 Å². The zero-order chi connectivity index (χ0) is 46.4. The minimum atomic E-state index is -5.00. The van der Waals surface area contributed by atoms with Gasteiger partial charge in [-0.15, -0.1) is 0 Å². The summed E-state index contributed by atoms with van der Waals surface area (Å²) in [6, 6.07) is 1.13. The van der Waals surface area contributed by atoms with Crippen molar-refractivity contribution in [3.8, 4) is 17.5 Å². The Labute approximate surface area is 368 Å². The number of aromatic nitrogens is 1. The van der Waals surface area contributed by atoms with Crippen LogP contribution in [-0.2, 0) is 33.9 Å². The fourth-order valence-electron chi connectivity index (χ4n) is 8.99. The Morgan fingerprint density at radius 3 is 2.48 bits per heavy atom. The molecule has 4 heterocycles. The molecule has 2 aliphatic carbocycles. The molecule has 352 valence electrons. The van der Waals surface area contributed by atoms with Crippen molar-refractivity contribution in [2.75, 3.05) is 34.0 Å². The maximum Gasteiger partial charge on any atom is 0.430 e. The van der Waals surface area contributed by atoms with Gasteiger partial charge in [0, 0.05) is 36.8 Å². The Kier molecular flexibility index (Phi) is 13.1. The summed E-state index contributed by atoms with van der Waals surface area (Å²) in [5.74, 6) is -4.84. The summed E-state index contributed by atoms with van der Waals surface area (Å²) < 4.78 is 113. The fraction of sp³-hybridized carbons (Fsp3) is 0.651. The van der Waals surface area contributed by atoms with Crippen LogP contribution in [0.2, 0.25) is 0 Å². The maximum absolute atomic E-state index is 15.1. The number of ether oxygens (including phenoxy) is 5. The zero-order valence-corrected chi connectivity index (χ0v) is 37.2. The van der Waals surface area contributed by atoms with Crippen LogP contribution in [0.1, 0.15) is 85.0 Å². The van der Waals surface area contributed by atoms with Gasteiger partial charge in [0.2, 0.25) is 39.2 Å². The van der Waals surface area contributed by atoms with Gasteiger partial charge in [0.1, 0.15) is 23.7 Å². The predicted molar refractivity (Wildman–Crippen MR) is 221 cm³/mol. The number of nitrogens with zero attached hydrogens (tertiary/aromatic N) is 2. The molecule has 1 unspecified atom stereocenters. The Morgan fingerprint density at radius 2 is 1.84 bits per heavy atom. The average molecular weight is 926 g/mol. The number of alkyl halides is 3.